The van der Waals surface area contributed by atoms with Gasteiger partial charge in [0, 0.05) is 10.6 Å². The van der Waals surface area contributed by atoms with Crippen LogP contribution in [0.4, 0.5) is 0 Å². The van der Waals surface area contributed by atoms with Gasteiger partial charge >= 0.3 is 5.97 Å². The molecular formula is C15H22O2S. The van der Waals surface area contributed by atoms with Crippen LogP contribution in [0.2, 0.25) is 0 Å². The van der Waals surface area contributed by atoms with Crippen LogP contribution in [0.15, 0.2) is 23.1 Å². The van der Waals surface area contributed by atoms with Crippen LogP contribution in [-0.4, -0.2) is 16.8 Å². The van der Waals surface area contributed by atoms with E-state index in [0.29, 0.717) is 5.75 Å². The van der Waals surface area contributed by atoms with Gasteiger partial charge in [-0.05, 0) is 29.5 Å². The predicted octanol–water partition coefficient (Wildman–Crippen LogP) is 4.11. The van der Waals surface area contributed by atoms with E-state index in [-0.39, 0.29) is 11.3 Å². The molecule has 1 unspecified atom stereocenters. The van der Waals surface area contributed by atoms with Crippen molar-refractivity contribution in [3.8, 4) is 0 Å². The molecule has 1 atom stereocenters. The Morgan fingerprint density at radius 2 is 2.00 bits per heavy atom. The van der Waals surface area contributed by atoms with Crippen LogP contribution >= 0.6 is 11.8 Å². The highest BCUT2D eigenvalue weighted by molar-refractivity contribution is 7.99. The topological polar surface area (TPSA) is 37.3 Å². The molecule has 0 heterocycles. The van der Waals surface area contributed by atoms with Crippen LogP contribution in [0.5, 0.6) is 0 Å². The molecule has 0 saturated heterocycles. The maximum Gasteiger partial charge on any atom is 0.307 e. The molecule has 0 spiro atoms. The number of aryl methyl sites for hydroxylation is 1. The Morgan fingerprint density at radius 3 is 2.50 bits per heavy atom. The Morgan fingerprint density at radius 1 is 1.39 bits per heavy atom. The minimum absolute atomic E-state index is 0.126. The van der Waals surface area contributed by atoms with E-state index in [1.807, 2.05) is 0 Å². The Hall–Kier alpha value is -0.960. The number of carboxylic acids is 1. The van der Waals surface area contributed by atoms with E-state index >= 15 is 0 Å². The number of aliphatic carboxylic acids is 1. The summed E-state index contributed by atoms with van der Waals surface area (Å²) in [5.74, 6) is -0.427. The maximum absolute atomic E-state index is 10.8. The van der Waals surface area contributed by atoms with Crippen molar-refractivity contribution in [2.24, 2.45) is 5.92 Å². The van der Waals surface area contributed by atoms with Crippen LogP contribution in [0.3, 0.4) is 0 Å². The third kappa shape index (κ3) is 4.05. The third-order valence-electron chi connectivity index (χ3n) is 2.96. The SMILES string of the molecule is Cc1ccc(C(C)(C)C)cc1SCC(C)C(=O)O. The average Bonchev–Trinajstić information content (AvgIpc) is 2.25. The summed E-state index contributed by atoms with van der Waals surface area (Å²) in [6.45, 7) is 10.4. The van der Waals surface area contributed by atoms with Crippen LogP contribution < -0.4 is 0 Å². The van der Waals surface area contributed by atoms with E-state index in [1.54, 1.807) is 18.7 Å². The molecule has 0 radical (unpaired) electrons. The first-order chi connectivity index (χ1) is 8.21. The number of thioether (sulfide) groups is 1. The van der Waals surface area contributed by atoms with Gasteiger partial charge in [0.15, 0.2) is 0 Å². The van der Waals surface area contributed by atoms with E-state index in [0.717, 1.165) is 0 Å². The molecule has 0 amide bonds. The fourth-order valence-corrected chi connectivity index (χ4v) is 2.59. The van der Waals surface area contributed by atoms with Gasteiger partial charge in [0.1, 0.15) is 0 Å². The minimum atomic E-state index is -0.730. The van der Waals surface area contributed by atoms with Gasteiger partial charge in [-0.15, -0.1) is 11.8 Å². The fraction of sp³-hybridized carbons (Fsp3) is 0.533. The summed E-state index contributed by atoms with van der Waals surface area (Å²) in [6, 6.07) is 6.46. The van der Waals surface area contributed by atoms with Crippen LogP contribution in [0.25, 0.3) is 0 Å². The standard InChI is InChI=1S/C15H22O2S/c1-10-6-7-12(15(3,4)5)8-13(10)18-9-11(2)14(16)17/h6-8,11H,9H2,1-5H3,(H,16,17). The third-order valence-corrected chi connectivity index (χ3v) is 4.38. The quantitative estimate of drug-likeness (QED) is 0.833. The number of carboxylic acid groups (broad SMARTS) is 1. The van der Waals surface area contributed by atoms with Gasteiger partial charge in [0.05, 0.1) is 5.92 Å². The second-order valence-electron chi connectivity index (χ2n) is 5.78. The molecule has 1 rings (SSSR count). The highest BCUT2D eigenvalue weighted by Gasteiger charge is 2.16. The lowest BCUT2D eigenvalue weighted by Gasteiger charge is -2.20. The largest absolute Gasteiger partial charge is 0.481 e. The Labute approximate surface area is 114 Å². The van der Waals surface area contributed by atoms with E-state index in [1.165, 1.54) is 16.0 Å². The Balaban J connectivity index is 2.85. The number of hydrogen-bond acceptors (Lipinski definition) is 2. The van der Waals surface area contributed by atoms with Crippen molar-refractivity contribution in [1.82, 2.24) is 0 Å². The van der Waals surface area contributed by atoms with Crippen molar-refractivity contribution >= 4 is 17.7 Å². The summed E-state index contributed by atoms with van der Waals surface area (Å²) in [5.41, 5.74) is 2.63. The predicted molar refractivity (Wildman–Crippen MR) is 77.4 cm³/mol. The van der Waals surface area contributed by atoms with Gasteiger partial charge in [0.25, 0.3) is 0 Å². The molecule has 100 valence electrons. The van der Waals surface area contributed by atoms with Crippen molar-refractivity contribution in [3.05, 3.63) is 29.3 Å². The zero-order valence-corrected chi connectivity index (χ0v) is 12.6. The van der Waals surface area contributed by atoms with Crippen molar-refractivity contribution in [1.29, 1.82) is 0 Å². The molecule has 0 aliphatic heterocycles. The number of benzene rings is 1. The lowest BCUT2D eigenvalue weighted by molar-refractivity contribution is -0.140. The Kier molecular flexibility index (Phi) is 4.85. The summed E-state index contributed by atoms with van der Waals surface area (Å²) in [6.07, 6.45) is 0. The highest BCUT2D eigenvalue weighted by Crippen LogP contribution is 2.30. The fourth-order valence-electron chi connectivity index (χ4n) is 1.51. The summed E-state index contributed by atoms with van der Waals surface area (Å²) < 4.78 is 0. The van der Waals surface area contributed by atoms with Crippen molar-refractivity contribution in [2.45, 2.75) is 44.9 Å². The second kappa shape index (κ2) is 5.79. The maximum atomic E-state index is 10.8. The molecule has 3 heteroatoms. The number of hydrogen-bond donors (Lipinski definition) is 1. The summed E-state index contributed by atoms with van der Waals surface area (Å²) in [5, 5.41) is 8.90. The van der Waals surface area contributed by atoms with Crippen molar-refractivity contribution in [2.75, 3.05) is 5.75 Å². The van der Waals surface area contributed by atoms with Gasteiger partial charge in [-0.2, -0.15) is 0 Å². The Bertz CT molecular complexity index is 433. The first-order valence-electron chi connectivity index (χ1n) is 6.18. The lowest BCUT2D eigenvalue weighted by atomic mass is 9.87. The van der Waals surface area contributed by atoms with Crippen LogP contribution in [0.1, 0.15) is 38.8 Å². The lowest BCUT2D eigenvalue weighted by Crippen LogP contribution is -2.13. The van der Waals surface area contributed by atoms with Crippen molar-refractivity contribution < 1.29 is 9.90 Å². The molecule has 0 bridgehead atoms. The smallest absolute Gasteiger partial charge is 0.307 e. The molecule has 18 heavy (non-hydrogen) atoms. The molecule has 0 aliphatic carbocycles. The van der Waals surface area contributed by atoms with E-state index in [4.69, 9.17) is 5.11 Å². The van der Waals surface area contributed by atoms with Crippen LogP contribution in [-0.2, 0) is 10.2 Å². The molecule has 0 aromatic heterocycles. The van der Waals surface area contributed by atoms with E-state index in [2.05, 4.69) is 45.9 Å². The van der Waals surface area contributed by atoms with Gasteiger partial charge in [-0.3, -0.25) is 4.79 Å². The van der Waals surface area contributed by atoms with Crippen molar-refractivity contribution in [3.63, 3.8) is 0 Å². The van der Waals surface area contributed by atoms with Gasteiger partial charge in [-0.1, -0.05) is 39.8 Å². The molecule has 0 saturated carbocycles. The van der Waals surface area contributed by atoms with Gasteiger partial charge < -0.3 is 5.11 Å². The normalized spacial score (nSPS) is 13.4. The molecule has 2 nitrogen and oxygen atoms in total. The molecule has 0 aliphatic rings. The monoisotopic (exact) mass is 266 g/mol. The highest BCUT2D eigenvalue weighted by atomic mass is 32.2. The first kappa shape index (κ1) is 15.1. The minimum Gasteiger partial charge on any atom is -0.481 e. The number of rotatable bonds is 4. The number of carbonyl (C=O) groups is 1. The summed E-state index contributed by atoms with van der Waals surface area (Å²) in [4.78, 5) is 12.0. The second-order valence-corrected chi connectivity index (χ2v) is 6.84. The van der Waals surface area contributed by atoms with E-state index < -0.39 is 5.97 Å². The molecule has 1 aromatic carbocycles. The molecule has 1 aromatic rings. The molecular weight excluding hydrogens is 244 g/mol. The van der Waals surface area contributed by atoms with E-state index in [9.17, 15) is 4.79 Å². The first-order valence-corrected chi connectivity index (χ1v) is 7.17. The zero-order valence-electron chi connectivity index (χ0n) is 11.8. The van der Waals surface area contributed by atoms with Gasteiger partial charge in [-0.25, -0.2) is 0 Å². The zero-order chi connectivity index (χ0) is 13.9. The van der Waals surface area contributed by atoms with Gasteiger partial charge in [0.2, 0.25) is 0 Å². The molecule has 0 fully saturated rings. The summed E-state index contributed by atoms with van der Waals surface area (Å²) in [7, 11) is 0. The average molecular weight is 266 g/mol. The summed E-state index contributed by atoms with van der Waals surface area (Å²) >= 11 is 1.63. The van der Waals surface area contributed by atoms with Crippen LogP contribution in [0, 0.1) is 12.8 Å². The molecule has 1 N–H and O–H groups in total.